The number of hydrogen-bond acceptors (Lipinski definition) is 4. The van der Waals surface area contributed by atoms with E-state index in [0.717, 1.165) is 18.4 Å². The summed E-state index contributed by atoms with van der Waals surface area (Å²) in [6.45, 7) is 2.49. The second-order valence-electron chi connectivity index (χ2n) is 7.79. The number of nitrogens with zero attached hydrogens (tertiary/aromatic N) is 1. The summed E-state index contributed by atoms with van der Waals surface area (Å²) >= 11 is 0. The number of nitrogens with two attached hydrogens (primary N) is 1. The number of benzene rings is 2. The Bertz CT molecular complexity index is 932. The highest BCUT2D eigenvalue weighted by atomic mass is 16.2. The molecule has 1 atom stereocenters. The minimum absolute atomic E-state index is 0.129. The molecule has 144 valence electrons. The van der Waals surface area contributed by atoms with Gasteiger partial charge in [-0.05, 0) is 55.5 Å². The third-order valence-corrected chi connectivity index (χ3v) is 5.71. The summed E-state index contributed by atoms with van der Waals surface area (Å²) in [6, 6.07) is 13.8. The van der Waals surface area contributed by atoms with Gasteiger partial charge in [0, 0.05) is 12.1 Å². The van der Waals surface area contributed by atoms with Gasteiger partial charge in [-0.3, -0.25) is 19.3 Å². The van der Waals surface area contributed by atoms with Crippen molar-refractivity contribution in [1.82, 2.24) is 10.2 Å². The lowest BCUT2D eigenvalue weighted by Crippen LogP contribution is -2.53. The highest BCUT2D eigenvalue weighted by Gasteiger charge is 2.41. The van der Waals surface area contributed by atoms with Gasteiger partial charge in [-0.25, -0.2) is 0 Å². The molecule has 6 heteroatoms. The average Bonchev–Trinajstić information content (AvgIpc) is 3.54. The number of fused-ring (bicyclic) bond motifs is 1. The van der Waals surface area contributed by atoms with Crippen LogP contribution in [0.4, 0.5) is 0 Å². The van der Waals surface area contributed by atoms with Crippen LogP contribution in [0, 0.1) is 5.92 Å². The maximum Gasteiger partial charge on any atom is 0.261 e. The van der Waals surface area contributed by atoms with Gasteiger partial charge in [0.1, 0.15) is 0 Å². The highest BCUT2D eigenvalue weighted by Crippen LogP contribution is 2.39. The summed E-state index contributed by atoms with van der Waals surface area (Å²) in [5.41, 5.74) is 7.54. The van der Waals surface area contributed by atoms with E-state index in [0.29, 0.717) is 29.2 Å². The number of imide groups is 1. The van der Waals surface area contributed by atoms with Crippen LogP contribution in [0.1, 0.15) is 56.4 Å². The molecule has 1 heterocycles. The normalized spacial score (nSPS) is 18.0. The Morgan fingerprint density at radius 3 is 2.32 bits per heavy atom. The van der Waals surface area contributed by atoms with E-state index >= 15 is 0 Å². The molecular weight excluding hydrogens is 354 g/mol. The second kappa shape index (κ2) is 6.87. The molecule has 1 saturated carbocycles. The topological polar surface area (TPSA) is 92.5 Å². The molecule has 1 fully saturated rings. The molecule has 28 heavy (non-hydrogen) atoms. The van der Waals surface area contributed by atoms with Gasteiger partial charge < -0.3 is 11.1 Å². The van der Waals surface area contributed by atoms with Gasteiger partial charge in [0.05, 0.1) is 23.2 Å². The molecule has 3 N–H and O–H groups in total. The largest absolute Gasteiger partial charge is 0.345 e. The first-order chi connectivity index (χ1) is 13.4. The Hall–Kier alpha value is -2.99. The zero-order valence-electron chi connectivity index (χ0n) is 15.8. The molecule has 0 spiro atoms. The van der Waals surface area contributed by atoms with Gasteiger partial charge in [0.15, 0.2) is 0 Å². The Balaban J connectivity index is 1.51. The van der Waals surface area contributed by atoms with Gasteiger partial charge in [-0.2, -0.15) is 0 Å². The lowest BCUT2D eigenvalue weighted by atomic mass is 9.95. The molecule has 1 aliphatic carbocycles. The third-order valence-electron chi connectivity index (χ3n) is 5.71. The zero-order chi connectivity index (χ0) is 19.9. The average molecular weight is 377 g/mol. The maximum absolute atomic E-state index is 12.7. The second-order valence-corrected chi connectivity index (χ2v) is 7.79. The number of rotatable bonds is 6. The predicted octanol–water partition coefficient (Wildman–Crippen LogP) is 2.34. The molecule has 0 saturated heterocycles. The maximum atomic E-state index is 12.7. The quantitative estimate of drug-likeness (QED) is 0.756. The summed E-state index contributed by atoms with van der Waals surface area (Å²) in [5, 5.41) is 3.06. The van der Waals surface area contributed by atoms with Crippen molar-refractivity contribution in [2.75, 3.05) is 6.54 Å². The Morgan fingerprint density at radius 1 is 1.11 bits per heavy atom. The van der Waals surface area contributed by atoms with E-state index in [9.17, 15) is 14.4 Å². The molecule has 1 aliphatic heterocycles. The van der Waals surface area contributed by atoms with Crippen LogP contribution in [0.2, 0.25) is 0 Å². The fourth-order valence-corrected chi connectivity index (χ4v) is 3.75. The number of carbonyl (C=O) groups is 3. The van der Waals surface area contributed by atoms with Crippen LogP contribution < -0.4 is 11.1 Å². The van der Waals surface area contributed by atoms with Crippen molar-refractivity contribution in [2.45, 2.75) is 31.8 Å². The third kappa shape index (κ3) is 3.20. The first-order valence-electron chi connectivity index (χ1n) is 9.50. The van der Waals surface area contributed by atoms with E-state index in [2.05, 4.69) is 5.32 Å². The highest BCUT2D eigenvalue weighted by molar-refractivity contribution is 6.21. The molecule has 4 rings (SSSR count). The predicted molar refractivity (Wildman–Crippen MR) is 105 cm³/mol. The fraction of sp³-hybridized carbons (Fsp3) is 0.318. The molecule has 0 aromatic heterocycles. The van der Waals surface area contributed by atoms with Crippen LogP contribution >= 0.6 is 0 Å². The Morgan fingerprint density at radius 2 is 1.75 bits per heavy atom. The summed E-state index contributed by atoms with van der Waals surface area (Å²) in [7, 11) is 0. The van der Waals surface area contributed by atoms with E-state index < -0.39 is 5.54 Å². The van der Waals surface area contributed by atoms with Crippen molar-refractivity contribution in [2.24, 2.45) is 11.7 Å². The van der Waals surface area contributed by atoms with E-state index in [4.69, 9.17) is 5.73 Å². The van der Waals surface area contributed by atoms with Gasteiger partial charge in [0.25, 0.3) is 17.7 Å². The van der Waals surface area contributed by atoms with Crippen molar-refractivity contribution in [3.8, 4) is 0 Å². The van der Waals surface area contributed by atoms with Gasteiger partial charge in [-0.1, -0.05) is 24.3 Å². The van der Waals surface area contributed by atoms with E-state index in [1.54, 1.807) is 42.5 Å². The molecule has 3 amide bonds. The zero-order valence-corrected chi connectivity index (χ0v) is 15.8. The van der Waals surface area contributed by atoms with E-state index in [1.165, 1.54) is 4.90 Å². The Labute approximate surface area is 163 Å². The molecule has 0 bridgehead atoms. The monoisotopic (exact) mass is 377 g/mol. The van der Waals surface area contributed by atoms with Crippen LogP contribution in [0.25, 0.3) is 0 Å². The minimum atomic E-state index is -0.407. The Kier molecular flexibility index (Phi) is 4.51. The van der Waals surface area contributed by atoms with Crippen LogP contribution in [0.3, 0.4) is 0 Å². The van der Waals surface area contributed by atoms with Crippen LogP contribution in [0.5, 0.6) is 0 Å². The number of amides is 3. The van der Waals surface area contributed by atoms with Crippen molar-refractivity contribution >= 4 is 17.7 Å². The molecule has 2 aliphatic rings. The van der Waals surface area contributed by atoms with Crippen LogP contribution in [-0.4, -0.2) is 34.7 Å². The summed E-state index contributed by atoms with van der Waals surface area (Å²) in [6.07, 6.45) is 2.15. The van der Waals surface area contributed by atoms with Crippen molar-refractivity contribution in [1.29, 1.82) is 0 Å². The van der Waals surface area contributed by atoms with Crippen molar-refractivity contribution < 1.29 is 14.4 Å². The van der Waals surface area contributed by atoms with Crippen molar-refractivity contribution in [3.05, 3.63) is 70.8 Å². The first kappa shape index (κ1) is 18.4. The molecule has 0 radical (unpaired) electrons. The van der Waals surface area contributed by atoms with Crippen molar-refractivity contribution in [3.63, 3.8) is 0 Å². The lowest BCUT2D eigenvalue weighted by molar-refractivity contribution is 0.0642. The summed E-state index contributed by atoms with van der Waals surface area (Å²) < 4.78 is 0. The molecule has 1 unspecified atom stereocenters. The van der Waals surface area contributed by atoms with Crippen LogP contribution in [0.15, 0.2) is 48.5 Å². The number of hydrogen-bond donors (Lipinski definition) is 2. The van der Waals surface area contributed by atoms with E-state index in [1.807, 2.05) is 13.0 Å². The van der Waals surface area contributed by atoms with Gasteiger partial charge in [0.2, 0.25) is 0 Å². The molecular formula is C22H23N3O3. The van der Waals surface area contributed by atoms with E-state index in [-0.39, 0.29) is 24.3 Å². The summed E-state index contributed by atoms with van der Waals surface area (Å²) in [5.74, 6) is -0.383. The molecule has 2 aromatic rings. The SMILES string of the molecule is CC(CN)(NC(=O)c1cccc(CN2C(=O)c3ccccc3C2=O)c1)C1CC1. The number of carbonyl (C=O) groups excluding carboxylic acids is 3. The molecule has 2 aromatic carbocycles. The fourth-order valence-electron chi connectivity index (χ4n) is 3.75. The number of nitrogens with one attached hydrogen (secondary N) is 1. The lowest BCUT2D eigenvalue weighted by Gasteiger charge is -2.29. The summed E-state index contributed by atoms with van der Waals surface area (Å²) in [4.78, 5) is 39.1. The van der Waals surface area contributed by atoms with Gasteiger partial charge in [-0.15, -0.1) is 0 Å². The van der Waals surface area contributed by atoms with Crippen LogP contribution in [-0.2, 0) is 6.54 Å². The first-order valence-corrected chi connectivity index (χ1v) is 9.50. The molecule has 6 nitrogen and oxygen atoms in total. The minimum Gasteiger partial charge on any atom is -0.345 e. The van der Waals surface area contributed by atoms with Gasteiger partial charge >= 0.3 is 0 Å². The standard InChI is InChI=1S/C22H23N3O3/c1-22(13-23,16-9-10-16)24-19(26)15-6-4-5-14(11-15)12-25-20(27)17-7-2-3-8-18(17)21(25)28/h2-8,11,16H,9-10,12-13,23H2,1H3,(H,24,26). The smallest absolute Gasteiger partial charge is 0.261 e.